The minimum absolute atomic E-state index is 0. The summed E-state index contributed by atoms with van der Waals surface area (Å²) in [4.78, 5) is 11.4. The summed E-state index contributed by atoms with van der Waals surface area (Å²) >= 11 is 0. The van der Waals surface area contributed by atoms with Gasteiger partial charge < -0.3 is 15.8 Å². The molecule has 0 fully saturated rings. The second-order valence-electron chi connectivity index (χ2n) is 3.91. The van der Waals surface area contributed by atoms with Crippen molar-refractivity contribution in [2.45, 2.75) is 33.0 Å². The van der Waals surface area contributed by atoms with Gasteiger partial charge >= 0.3 is 0 Å². The van der Waals surface area contributed by atoms with Gasteiger partial charge in [0.15, 0.2) is 0 Å². The topological polar surface area (TPSA) is 64.3 Å². The van der Waals surface area contributed by atoms with Crippen molar-refractivity contribution in [2.24, 2.45) is 5.73 Å². The van der Waals surface area contributed by atoms with Gasteiger partial charge in [-0.3, -0.25) is 4.79 Å². The normalized spacial score (nSPS) is 11.5. The number of benzene rings is 1. The Morgan fingerprint density at radius 3 is 2.56 bits per heavy atom. The van der Waals surface area contributed by atoms with Crippen molar-refractivity contribution in [3.63, 3.8) is 0 Å². The molecule has 0 unspecified atom stereocenters. The lowest BCUT2D eigenvalue weighted by atomic mass is 10.1. The van der Waals surface area contributed by atoms with Gasteiger partial charge in [0.1, 0.15) is 0 Å². The van der Waals surface area contributed by atoms with Gasteiger partial charge in [0.2, 0.25) is 5.91 Å². The third-order valence-electron chi connectivity index (χ3n) is 2.45. The van der Waals surface area contributed by atoms with Crippen molar-refractivity contribution in [2.75, 3.05) is 6.61 Å². The molecule has 1 amide bonds. The molecule has 1 rings (SSSR count). The highest BCUT2D eigenvalue weighted by atomic mass is 35.5. The van der Waals surface area contributed by atoms with Gasteiger partial charge in [-0.05, 0) is 25.0 Å². The van der Waals surface area contributed by atoms with Gasteiger partial charge in [-0.25, -0.2) is 0 Å². The van der Waals surface area contributed by atoms with Crippen molar-refractivity contribution >= 4 is 18.3 Å². The van der Waals surface area contributed by atoms with Crippen LogP contribution < -0.4 is 11.1 Å². The first-order valence-corrected chi connectivity index (χ1v) is 5.83. The molecule has 1 aromatic rings. The van der Waals surface area contributed by atoms with Gasteiger partial charge in [-0.2, -0.15) is 0 Å². The summed E-state index contributed by atoms with van der Waals surface area (Å²) in [6.45, 7) is 5.37. The molecule has 0 aromatic heterocycles. The first kappa shape index (κ1) is 16.9. The zero-order valence-electron chi connectivity index (χ0n) is 10.8. The predicted molar refractivity (Wildman–Crippen MR) is 74.5 cm³/mol. The van der Waals surface area contributed by atoms with Crippen molar-refractivity contribution in [1.82, 2.24) is 5.32 Å². The number of rotatable bonds is 6. The maximum absolute atomic E-state index is 11.4. The summed E-state index contributed by atoms with van der Waals surface area (Å²) in [5.74, 6) is -0.142. The summed E-state index contributed by atoms with van der Waals surface area (Å²) in [5.41, 5.74) is 7.64. The molecule has 102 valence electrons. The minimum Gasteiger partial charge on any atom is -0.377 e. The van der Waals surface area contributed by atoms with Gasteiger partial charge in [0, 0.05) is 13.2 Å². The van der Waals surface area contributed by atoms with Gasteiger partial charge in [-0.1, -0.05) is 24.3 Å². The van der Waals surface area contributed by atoms with Crippen LogP contribution in [0.1, 0.15) is 25.0 Å². The van der Waals surface area contributed by atoms with Crippen molar-refractivity contribution in [1.29, 1.82) is 0 Å². The molecule has 3 N–H and O–H groups in total. The van der Waals surface area contributed by atoms with Crippen LogP contribution in [-0.4, -0.2) is 18.6 Å². The van der Waals surface area contributed by atoms with E-state index in [1.807, 2.05) is 31.2 Å². The van der Waals surface area contributed by atoms with E-state index in [1.54, 1.807) is 6.92 Å². The highest BCUT2D eigenvalue weighted by molar-refractivity contribution is 5.85. The van der Waals surface area contributed by atoms with Crippen molar-refractivity contribution in [3.05, 3.63) is 35.4 Å². The number of carbonyl (C=O) groups excluding carboxylic acids is 1. The molecular weight excluding hydrogens is 252 g/mol. The number of amides is 1. The van der Waals surface area contributed by atoms with Crippen LogP contribution in [0.15, 0.2) is 24.3 Å². The van der Waals surface area contributed by atoms with E-state index in [9.17, 15) is 4.79 Å². The molecule has 0 saturated heterocycles. The number of nitrogens with one attached hydrogen (secondary N) is 1. The smallest absolute Gasteiger partial charge is 0.236 e. The van der Waals surface area contributed by atoms with Crippen LogP contribution in [0.3, 0.4) is 0 Å². The summed E-state index contributed by atoms with van der Waals surface area (Å²) in [6.07, 6.45) is 0. The third-order valence-corrected chi connectivity index (χ3v) is 2.45. The van der Waals surface area contributed by atoms with E-state index in [2.05, 4.69) is 5.32 Å². The van der Waals surface area contributed by atoms with Crippen LogP contribution in [0.5, 0.6) is 0 Å². The zero-order valence-corrected chi connectivity index (χ0v) is 11.6. The van der Waals surface area contributed by atoms with Gasteiger partial charge in [0.25, 0.3) is 0 Å². The van der Waals surface area contributed by atoms with Crippen LogP contribution >= 0.6 is 12.4 Å². The maximum Gasteiger partial charge on any atom is 0.236 e. The lowest BCUT2D eigenvalue weighted by Crippen LogP contribution is -2.37. The lowest BCUT2D eigenvalue weighted by molar-refractivity contribution is -0.122. The van der Waals surface area contributed by atoms with Gasteiger partial charge in [0.05, 0.1) is 12.6 Å². The van der Waals surface area contributed by atoms with Crippen LogP contribution in [-0.2, 0) is 22.7 Å². The molecule has 1 atom stereocenters. The number of ether oxygens (including phenoxy) is 1. The molecule has 0 aliphatic heterocycles. The molecule has 1 aromatic carbocycles. The molecule has 0 spiro atoms. The van der Waals surface area contributed by atoms with E-state index in [0.717, 1.165) is 11.1 Å². The highest BCUT2D eigenvalue weighted by Gasteiger charge is 2.08. The van der Waals surface area contributed by atoms with E-state index < -0.39 is 6.04 Å². The summed E-state index contributed by atoms with van der Waals surface area (Å²) < 4.78 is 5.38. The Bertz CT molecular complexity index is 370. The number of halogens is 1. The number of nitrogens with two attached hydrogens (primary N) is 1. The van der Waals surface area contributed by atoms with E-state index in [0.29, 0.717) is 19.8 Å². The maximum atomic E-state index is 11.4. The fourth-order valence-electron chi connectivity index (χ4n) is 1.43. The van der Waals surface area contributed by atoms with Crippen LogP contribution in [0, 0.1) is 0 Å². The Balaban J connectivity index is 0.00000289. The van der Waals surface area contributed by atoms with Crippen LogP contribution in [0.2, 0.25) is 0 Å². The Morgan fingerprint density at radius 1 is 1.39 bits per heavy atom. The van der Waals surface area contributed by atoms with Crippen molar-refractivity contribution in [3.8, 4) is 0 Å². The summed E-state index contributed by atoms with van der Waals surface area (Å²) in [5, 5.41) is 2.80. The number of carbonyl (C=O) groups is 1. The molecule has 5 heteroatoms. The van der Waals surface area contributed by atoms with E-state index >= 15 is 0 Å². The Labute approximate surface area is 114 Å². The second-order valence-corrected chi connectivity index (χ2v) is 3.91. The van der Waals surface area contributed by atoms with Crippen LogP contribution in [0.4, 0.5) is 0 Å². The molecular formula is C13H21ClN2O2. The summed E-state index contributed by atoms with van der Waals surface area (Å²) in [6, 6.07) is 7.42. The Kier molecular flexibility index (Phi) is 8.37. The Hall–Kier alpha value is -1.10. The van der Waals surface area contributed by atoms with Crippen LogP contribution in [0.25, 0.3) is 0 Å². The third kappa shape index (κ3) is 5.49. The minimum atomic E-state index is -0.478. The molecule has 18 heavy (non-hydrogen) atoms. The standard InChI is InChI=1S/C13H20N2O2.ClH/c1-3-17-9-12-7-5-4-6-11(12)8-15-13(16)10(2)14;/h4-7,10H,3,8-9,14H2,1-2H3,(H,15,16);1H/t10-;/m1./s1. The van der Waals surface area contributed by atoms with Gasteiger partial charge in [-0.15, -0.1) is 12.4 Å². The van der Waals surface area contributed by atoms with Crippen molar-refractivity contribution < 1.29 is 9.53 Å². The number of hydrogen-bond donors (Lipinski definition) is 2. The molecule has 0 bridgehead atoms. The number of hydrogen-bond acceptors (Lipinski definition) is 3. The predicted octanol–water partition coefficient (Wildman–Crippen LogP) is 1.61. The van der Waals surface area contributed by atoms with E-state index in [-0.39, 0.29) is 18.3 Å². The lowest BCUT2D eigenvalue weighted by Gasteiger charge is -2.11. The zero-order chi connectivity index (χ0) is 12.7. The first-order chi connectivity index (χ1) is 8.15. The molecule has 0 radical (unpaired) electrons. The molecule has 4 nitrogen and oxygen atoms in total. The SMILES string of the molecule is CCOCc1ccccc1CNC(=O)[C@@H](C)N.Cl. The monoisotopic (exact) mass is 272 g/mol. The quantitative estimate of drug-likeness (QED) is 0.827. The second kappa shape index (κ2) is 8.91. The fourth-order valence-corrected chi connectivity index (χ4v) is 1.43. The van der Waals surface area contributed by atoms with E-state index in [4.69, 9.17) is 10.5 Å². The molecule has 0 aliphatic rings. The average Bonchev–Trinajstić information content (AvgIpc) is 2.34. The summed E-state index contributed by atoms with van der Waals surface area (Å²) in [7, 11) is 0. The Morgan fingerprint density at radius 2 is 2.00 bits per heavy atom. The first-order valence-electron chi connectivity index (χ1n) is 5.83. The molecule has 0 aliphatic carbocycles. The fraction of sp³-hybridized carbons (Fsp3) is 0.462. The highest BCUT2D eigenvalue weighted by Crippen LogP contribution is 2.09. The average molecular weight is 273 g/mol. The largest absolute Gasteiger partial charge is 0.377 e. The molecule has 0 heterocycles. The molecule has 0 saturated carbocycles. The van der Waals surface area contributed by atoms with E-state index in [1.165, 1.54) is 0 Å².